The van der Waals surface area contributed by atoms with Crippen LogP contribution in [-0.4, -0.2) is 17.8 Å². The molecule has 2 N–H and O–H groups in total. The quantitative estimate of drug-likeness (QED) is 0.635. The molecule has 0 spiro atoms. The molecule has 1 heterocycles. The number of nitrogens with zero attached hydrogens (tertiary/aromatic N) is 1. The van der Waals surface area contributed by atoms with Gasteiger partial charge in [0.1, 0.15) is 11.8 Å². The van der Waals surface area contributed by atoms with E-state index in [1.807, 2.05) is 49.4 Å². The Morgan fingerprint density at radius 1 is 1.10 bits per heavy atom. The number of phenols is 1. The molecule has 5 rings (SSSR count). The lowest BCUT2D eigenvalue weighted by atomic mass is 9.94. The number of nitrogens with one attached hydrogen (secondary N) is 1. The molecule has 0 saturated heterocycles. The number of benzene rings is 3. The summed E-state index contributed by atoms with van der Waals surface area (Å²) in [5.74, 6) is 1.28. The number of carbonyl (C=O) groups is 1. The Labute approximate surface area is 181 Å². The molecule has 1 saturated carbocycles. The number of carbonyl (C=O) groups excluding carboxylic acids is 1. The molecule has 3 aromatic carbocycles. The molecule has 156 valence electrons. The van der Waals surface area contributed by atoms with Gasteiger partial charge >= 0.3 is 0 Å². The summed E-state index contributed by atoms with van der Waals surface area (Å²) in [6.45, 7) is 2.17. The van der Waals surface area contributed by atoms with Crippen molar-refractivity contribution in [3.63, 3.8) is 0 Å². The fourth-order valence-electron chi connectivity index (χ4n) is 4.02. The van der Waals surface area contributed by atoms with Crippen LogP contribution in [0.2, 0.25) is 0 Å². The number of nitriles is 1. The smallest absolute Gasteiger partial charge is 0.235 e. The number of ether oxygens (including phenoxy) is 2. The average molecular weight is 414 g/mol. The van der Waals surface area contributed by atoms with E-state index in [1.165, 1.54) is 6.07 Å². The number of hydrogen-bond acceptors (Lipinski definition) is 5. The SMILES string of the molecule is Cc1ccc(NC(=O)C2(c3ccc4c(c3)OCO4)CC2)cc1-c1ccc(O)c(C#N)c1.[HH]. The van der Waals surface area contributed by atoms with E-state index in [-0.39, 0.29) is 25.4 Å². The first-order valence-electron chi connectivity index (χ1n) is 10.1. The maximum atomic E-state index is 13.2. The summed E-state index contributed by atoms with van der Waals surface area (Å²) in [5.41, 5.74) is 3.97. The van der Waals surface area contributed by atoms with E-state index < -0.39 is 5.41 Å². The average Bonchev–Trinajstić information content (AvgIpc) is 3.46. The van der Waals surface area contributed by atoms with E-state index in [4.69, 9.17) is 9.47 Å². The fourth-order valence-corrected chi connectivity index (χ4v) is 4.02. The first-order valence-corrected chi connectivity index (χ1v) is 10.1. The molecule has 1 fully saturated rings. The van der Waals surface area contributed by atoms with Gasteiger partial charge in [-0.3, -0.25) is 4.79 Å². The number of aryl methyl sites for hydroxylation is 1. The van der Waals surface area contributed by atoms with Gasteiger partial charge in [0.25, 0.3) is 0 Å². The summed E-state index contributed by atoms with van der Waals surface area (Å²) in [6.07, 6.45) is 1.56. The minimum atomic E-state index is -0.557. The van der Waals surface area contributed by atoms with Crippen molar-refractivity contribution in [2.24, 2.45) is 0 Å². The predicted octanol–water partition coefficient (Wildman–Crippen LogP) is 4.88. The van der Waals surface area contributed by atoms with Crippen LogP contribution in [-0.2, 0) is 10.2 Å². The van der Waals surface area contributed by atoms with Crippen molar-refractivity contribution in [2.75, 3.05) is 12.1 Å². The lowest BCUT2D eigenvalue weighted by Crippen LogP contribution is -2.27. The minimum Gasteiger partial charge on any atom is -0.507 e. The van der Waals surface area contributed by atoms with Crippen LogP contribution >= 0.6 is 0 Å². The van der Waals surface area contributed by atoms with Crippen LogP contribution in [0.5, 0.6) is 17.2 Å². The molecule has 0 radical (unpaired) electrons. The van der Waals surface area contributed by atoms with Crippen LogP contribution in [0.3, 0.4) is 0 Å². The van der Waals surface area contributed by atoms with Gasteiger partial charge in [0.2, 0.25) is 12.7 Å². The third kappa shape index (κ3) is 3.24. The summed E-state index contributed by atoms with van der Waals surface area (Å²) in [6, 6.07) is 18.3. The highest BCUT2D eigenvalue weighted by Crippen LogP contribution is 2.51. The van der Waals surface area contributed by atoms with Gasteiger partial charge in [0.15, 0.2) is 11.5 Å². The van der Waals surface area contributed by atoms with Crippen LogP contribution in [0.4, 0.5) is 5.69 Å². The Hall–Kier alpha value is -3.98. The number of rotatable bonds is 4. The molecule has 0 bridgehead atoms. The van der Waals surface area contributed by atoms with E-state index >= 15 is 0 Å². The molecule has 1 aliphatic carbocycles. The third-order valence-electron chi connectivity index (χ3n) is 6.03. The van der Waals surface area contributed by atoms with Gasteiger partial charge in [-0.2, -0.15) is 5.26 Å². The Balaban J connectivity index is 0.00000245. The predicted molar refractivity (Wildman–Crippen MR) is 117 cm³/mol. The second-order valence-corrected chi connectivity index (χ2v) is 7.98. The zero-order valence-corrected chi connectivity index (χ0v) is 16.9. The van der Waals surface area contributed by atoms with E-state index in [9.17, 15) is 15.2 Å². The van der Waals surface area contributed by atoms with Crippen molar-refractivity contribution in [3.8, 4) is 34.4 Å². The summed E-state index contributed by atoms with van der Waals surface area (Å²) < 4.78 is 10.8. The number of hydrogen-bond donors (Lipinski definition) is 2. The summed E-state index contributed by atoms with van der Waals surface area (Å²) in [4.78, 5) is 13.2. The summed E-state index contributed by atoms with van der Waals surface area (Å²) >= 11 is 0. The maximum absolute atomic E-state index is 13.2. The molecule has 31 heavy (non-hydrogen) atoms. The molecule has 6 nitrogen and oxygen atoms in total. The van der Waals surface area contributed by atoms with Gasteiger partial charge < -0.3 is 19.9 Å². The van der Waals surface area contributed by atoms with E-state index in [1.54, 1.807) is 12.1 Å². The van der Waals surface area contributed by atoms with Crippen molar-refractivity contribution in [1.82, 2.24) is 0 Å². The van der Waals surface area contributed by atoms with Gasteiger partial charge in [-0.1, -0.05) is 18.2 Å². The number of fused-ring (bicyclic) bond motifs is 1. The largest absolute Gasteiger partial charge is 0.507 e. The van der Waals surface area contributed by atoms with Gasteiger partial charge in [0, 0.05) is 7.11 Å². The monoisotopic (exact) mass is 414 g/mol. The van der Waals surface area contributed by atoms with E-state index in [0.29, 0.717) is 17.2 Å². The molecule has 0 aromatic heterocycles. The van der Waals surface area contributed by atoms with Gasteiger partial charge in [-0.25, -0.2) is 0 Å². The Morgan fingerprint density at radius 3 is 2.68 bits per heavy atom. The normalized spacial score (nSPS) is 15.2. The first kappa shape index (κ1) is 19.0. The summed E-state index contributed by atoms with van der Waals surface area (Å²) in [7, 11) is 0. The molecule has 1 amide bonds. The van der Waals surface area contributed by atoms with Crippen molar-refractivity contribution in [3.05, 3.63) is 71.3 Å². The minimum absolute atomic E-state index is 0. The van der Waals surface area contributed by atoms with Crippen molar-refractivity contribution >= 4 is 11.6 Å². The Morgan fingerprint density at radius 2 is 1.90 bits per heavy atom. The topological polar surface area (TPSA) is 91.6 Å². The molecule has 6 heteroatoms. The zero-order valence-electron chi connectivity index (χ0n) is 16.9. The molecular formula is C25H22N2O4. The van der Waals surface area contributed by atoms with Crippen LogP contribution in [0.25, 0.3) is 11.1 Å². The molecule has 1 aliphatic heterocycles. The highest BCUT2D eigenvalue weighted by atomic mass is 16.7. The summed E-state index contributed by atoms with van der Waals surface area (Å²) in [5, 5.41) is 22.1. The van der Waals surface area contributed by atoms with Crippen LogP contribution in [0, 0.1) is 18.3 Å². The Bertz CT molecular complexity index is 1260. The Kier molecular flexibility index (Phi) is 4.33. The van der Waals surface area contributed by atoms with Crippen molar-refractivity contribution in [2.45, 2.75) is 25.2 Å². The first-order chi connectivity index (χ1) is 15.0. The second kappa shape index (κ2) is 7.06. The van der Waals surface area contributed by atoms with Crippen molar-refractivity contribution in [1.29, 1.82) is 5.26 Å². The van der Waals surface area contributed by atoms with E-state index in [0.717, 1.165) is 35.1 Å². The van der Waals surface area contributed by atoms with Gasteiger partial charge in [-0.05, 0) is 78.4 Å². The lowest BCUT2D eigenvalue weighted by Gasteiger charge is -2.17. The molecule has 0 unspecified atom stereocenters. The van der Waals surface area contributed by atoms with Gasteiger partial charge in [0.05, 0.1) is 11.0 Å². The van der Waals surface area contributed by atoms with Gasteiger partial charge in [-0.15, -0.1) is 0 Å². The van der Waals surface area contributed by atoms with Crippen LogP contribution in [0.15, 0.2) is 54.6 Å². The molecule has 3 aromatic rings. The standard InChI is InChI=1S/C25H20N2O4.H2/c1-15-2-5-19(12-20(15)16-3-6-21(28)17(10-16)13-26)27-24(29)25(8-9-25)18-4-7-22-23(11-18)31-14-30-22;/h2-7,10-12,28H,8-9,14H2,1H3,(H,27,29);1H. The lowest BCUT2D eigenvalue weighted by molar-refractivity contribution is -0.118. The maximum Gasteiger partial charge on any atom is 0.235 e. The molecule has 0 atom stereocenters. The van der Waals surface area contributed by atoms with Crippen molar-refractivity contribution < 1.29 is 20.8 Å². The third-order valence-corrected chi connectivity index (χ3v) is 6.03. The van der Waals surface area contributed by atoms with Crippen LogP contribution < -0.4 is 14.8 Å². The number of aromatic hydroxyl groups is 1. The zero-order chi connectivity index (χ0) is 21.6. The fraction of sp³-hybridized carbons (Fsp3) is 0.200. The molecular weight excluding hydrogens is 392 g/mol. The molecule has 2 aliphatic rings. The second-order valence-electron chi connectivity index (χ2n) is 7.98. The van der Waals surface area contributed by atoms with E-state index in [2.05, 4.69) is 5.32 Å². The number of amides is 1. The number of phenolic OH excluding ortho intramolecular Hbond substituents is 1. The highest BCUT2D eigenvalue weighted by molar-refractivity contribution is 6.02. The highest BCUT2D eigenvalue weighted by Gasteiger charge is 2.51. The van der Waals surface area contributed by atoms with Crippen LogP contribution in [0.1, 0.15) is 31.0 Å². The number of anilines is 1.